The molecule has 0 saturated heterocycles. The molecular weight excluding hydrogens is 384 g/mol. The summed E-state index contributed by atoms with van der Waals surface area (Å²) < 4.78 is 2.74. The summed E-state index contributed by atoms with van der Waals surface area (Å²) in [4.78, 5) is 0. The fraction of sp³-hybridized carbons (Fsp3) is 0.214. The molecule has 1 aliphatic rings. The van der Waals surface area contributed by atoms with Crippen molar-refractivity contribution in [3.63, 3.8) is 0 Å². The highest BCUT2D eigenvalue weighted by Gasteiger charge is 2.20. The van der Waals surface area contributed by atoms with Crippen molar-refractivity contribution < 1.29 is 0 Å². The van der Waals surface area contributed by atoms with Crippen LogP contribution in [0.3, 0.4) is 0 Å². The van der Waals surface area contributed by atoms with Crippen molar-refractivity contribution in [3.05, 3.63) is 45.7 Å². The monoisotopic (exact) mass is 394 g/mol. The van der Waals surface area contributed by atoms with Gasteiger partial charge in [-0.05, 0) is 24.6 Å². The predicted octanol–water partition coefficient (Wildman–Crippen LogP) is 3.74. The van der Waals surface area contributed by atoms with Crippen LogP contribution in [-0.4, -0.2) is 36.5 Å². The summed E-state index contributed by atoms with van der Waals surface area (Å²) in [6, 6.07) is 7.71. The molecule has 2 aromatic heterocycles. The maximum absolute atomic E-state index is 5.96. The highest BCUT2D eigenvalue weighted by atomic mass is 35.5. The Kier molecular flexibility index (Phi) is 4.57. The van der Waals surface area contributed by atoms with Gasteiger partial charge < -0.3 is 0 Å². The van der Waals surface area contributed by atoms with E-state index in [1.807, 2.05) is 35.9 Å². The Morgan fingerprint density at radius 2 is 2.00 bits per heavy atom. The molecule has 3 heterocycles. The minimum atomic E-state index is 0.652. The van der Waals surface area contributed by atoms with Crippen molar-refractivity contribution in [1.82, 2.24) is 25.1 Å². The van der Waals surface area contributed by atoms with E-state index in [4.69, 9.17) is 16.7 Å². The molecule has 0 amide bonds. The Labute approximate surface area is 155 Å². The lowest BCUT2D eigenvalue weighted by Gasteiger charge is -2.13. The van der Waals surface area contributed by atoms with Gasteiger partial charge in [0.25, 0.3) is 0 Å². The van der Waals surface area contributed by atoms with Crippen LogP contribution in [0.25, 0.3) is 0 Å². The second-order valence-corrected chi connectivity index (χ2v) is 8.71. The van der Waals surface area contributed by atoms with Crippen LogP contribution >= 0.6 is 46.5 Å². The van der Waals surface area contributed by atoms with Gasteiger partial charge in [0.05, 0.1) is 11.5 Å². The summed E-state index contributed by atoms with van der Waals surface area (Å²) in [5.41, 5.74) is 2.05. The predicted molar refractivity (Wildman–Crippen MR) is 98.3 cm³/mol. The molecule has 122 valence electrons. The standard InChI is InChI=1S/C14H11ClN6S3/c1-8-16-19-14(24-8)23-7-12-17-18-13-21(12)20-11(6-22-13)9-2-4-10(15)5-3-9/h2-5H,6-7H2,1H3. The van der Waals surface area contributed by atoms with Crippen molar-refractivity contribution in [2.45, 2.75) is 22.2 Å². The fourth-order valence-electron chi connectivity index (χ4n) is 2.10. The third-order valence-corrected chi connectivity index (χ3v) is 6.40. The molecule has 0 aliphatic carbocycles. The van der Waals surface area contributed by atoms with Gasteiger partial charge in [0.15, 0.2) is 10.2 Å². The molecule has 10 heteroatoms. The number of hydrogen-bond donors (Lipinski definition) is 0. The molecular formula is C14H11ClN6S3. The first kappa shape index (κ1) is 16.1. The molecule has 0 saturated carbocycles. The first-order chi connectivity index (χ1) is 11.7. The molecule has 0 radical (unpaired) electrons. The number of benzene rings is 1. The zero-order valence-corrected chi connectivity index (χ0v) is 15.7. The lowest BCUT2D eigenvalue weighted by molar-refractivity contribution is 0.731. The number of fused-ring (bicyclic) bond motifs is 1. The molecule has 1 aliphatic heterocycles. The molecule has 0 spiro atoms. The van der Waals surface area contributed by atoms with Crippen LogP contribution in [0.1, 0.15) is 16.4 Å². The van der Waals surface area contributed by atoms with Crippen LogP contribution < -0.4 is 0 Å². The van der Waals surface area contributed by atoms with E-state index < -0.39 is 0 Å². The summed E-state index contributed by atoms with van der Waals surface area (Å²) in [5, 5.41) is 23.8. The number of aromatic nitrogens is 5. The third kappa shape index (κ3) is 3.34. The van der Waals surface area contributed by atoms with E-state index in [1.54, 1.807) is 34.9 Å². The van der Waals surface area contributed by atoms with Crippen molar-refractivity contribution in [2.75, 3.05) is 5.75 Å². The van der Waals surface area contributed by atoms with Crippen LogP contribution in [0.2, 0.25) is 5.02 Å². The average molecular weight is 395 g/mol. The molecule has 3 aromatic rings. The molecule has 6 nitrogen and oxygen atoms in total. The number of halogens is 1. The van der Waals surface area contributed by atoms with Crippen LogP contribution in [0, 0.1) is 6.92 Å². The van der Waals surface area contributed by atoms with Gasteiger partial charge in [-0.1, -0.05) is 58.6 Å². The van der Waals surface area contributed by atoms with E-state index in [-0.39, 0.29) is 0 Å². The van der Waals surface area contributed by atoms with Crippen molar-refractivity contribution >= 4 is 52.2 Å². The molecule has 0 unspecified atom stereocenters. The Balaban J connectivity index is 1.58. The number of nitrogens with zero attached hydrogens (tertiary/aromatic N) is 6. The average Bonchev–Trinajstić information content (AvgIpc) is 3.19. The molecule has 4 rings (SSSR count). The molecule has 0 fully saturated rings. The Morgan fingerprint density at radius 1 is 1.17 bits per heavy atom. The fourth-order valence-corrected chi connectivity index (χ4v) is 4.81. The van der Waals surface area contributed by atoms with Crippen LogP contribution in [0.5, 0.6) is 0 Å². The number of thioether (sulfide) groups is 2. The SMILES string of the molecule is Cc1nnc(SCc2nnc3n2N=C(c2ccc(Cl)cc2)CS3)s1. The van der Waals surface area contributed by atoms with E-state index in [0.29, 0.717) is 5.75 Å². The maximum Gasteiger partial charge on any atom is 0.212 e. The van der Waals surface area contributed by atoms with Gasteiger partial charge in [0.1, 0.15) is 5.01 Å². The lowest BCUT2D eigenvalue weighted by Crippen LogP contribution is -2.14. The largest absolute Gasteiger partial charge is 0.212 e. The van der Waals surface area contributed by atoms with Crippen molar-refractivity contribution in [3.8, 4) is 0 Å². The number of rotatable bonds is 4. The van der Waals surface area contributed by atoms with Gasteiger partial charge in [-0.3, -0.25) is 0 Å². The summed E-state index contributed by atoms with van der Waals surface area (Å²) >= 11 is 10.8. The minimum absolute atomic E-state index is 0.652. The third-order valence-electron chi connectivity index (χ3n) is 3.25. The quantitative estimate of drug-likeness (QED) is 0.628. The Hall–Kier alpha value is -1.42. The molecule has 0 bridgehead atoms. The second kappa shape index (κ2) is 6.83. The lowest BCUT2D eigenvalue weighted by atomic mass is 10.1. The molecule has 1 aromatic carbocycles. The minimum Gasteiger partial charge on any atom is -0.190 e. The highest BCUT2D eigenvalue weighted by Crippen LogP contribution is 2.29. The first-order valence-electron chi connectivity index (χ1n) is 7.03. The Morgan fingerprint density at radius 3 is 2.75 bits per heavy atom. The van der Waals surface area contributed by atoms with E-state index in [2.05, 4.69) is 20.4 Å². The highest BCUT2D eigenvalue weighted by molar-refractivity contribution is 8.00. The van der Waals surface area contributed by atoms with Gasteiger partial charge in [-0.2, -0.15) is 9.78 Å². The van der Waals surface area contributed by atoms with E-state index in [0.717, 1.165) is 42.4 Å². The second-order valence-electron chi connectivity index (χ2n) is 4.93. The maximum atomic E-state index is 5.96. The van der Waals surface area contributed by atoms with Gasteiger partial charge in [-0.15, -0.1) is 20.4 Å². The number of aryl methyl sites for hydroxylation is 1. The molecule has 0 N–H and O–H groups in total. The van der Waals surface area contributed by atoms with Crippen molar-refractivity contribution in [1.29, 1.82) is 0 Å². The number of hydrogen-bond acceptors (Lipinski definition) is 8. The smallest absolute Gasteiger partial charge is 0.190 e. The summed E-state index contributed by atoms with van der Waals surface area (Å²) in [5.74, 6) is 2.23. The summed E-state index contributed by atoms with van der Waals surface area (Å²) in [6.45, 7) is 1.94. The van der Waals surface area contributed by atoms with Gasteiger partial charge in [0, 0.05) is 10.8 Å². The summed E-state index contributed by atoms with van der Waals surface area (Å²) in [7, 11) is 0. The van der Waals surface area contributed by atoms with Crippen molar-refractivity contribution in [2.24, 2.45) is 5.10 Å². The van der Waals surface area contributed by atoms with Gasteiger partial charge in [-0.25, -0.2) is 0 Å². The van der Waals surface area contributed by atoms with Crippen LogP contribution in [0.4, 0.5) is 0 Å². The first-order valence-corrected chi connectivity index (χ1v) is 10.2. The molecule has 0 atom stereocenters. The van der Waals surface area contributed by atoms with Gasteiger partial charge in [0.2, 0.25) is 5.16 Å². The topological polar surface area (TPSA) is 68.8 Å². The summed E-state index contributed by atoms with van der Waals surface area (Å²) in [6.07, 6.45) is 0. The van der Waals surface area contributed by atoms with E-state index in [1.165, 1.54) is 0 Å². The molecule has 24 heavy (non-hydrogen) atoms. The Bertz CT molecular complexity index is 902. The van der Waals surface area contributed by atoms with Crippen LogP contribution in [-0.2, 0) is 5.75 Å². The zero-order chi connectivity index (χ0) is 16.5. The van der Waals surface area contributed by atoms with E-state index >= 15 is 0 Å². The van der Waals surface area contributed by atoms with Crippen LogP contribution in [0.15, 0.2) is 38.9 Å². The normalized spacial score (nSPS) is 13.7. The van der Waals surface area contributed by atoms with E-state index in [9.17, 15) is 0 Å². The van der Waals surface area contributed by atoms with Gasteiger partial charge >= 0.3 is 0 Å². The zero-order valence-electron chi connectivity index (χ0n) is 12.5.